The second kappa shape index (κ2) is 11.1. The first kappa shape index (κ1) is 23.7. The number of benzene rings is 1. The topological polar surface area (TPSA) is 103 Å². The number of aromatic nitrogens is 4. The standard InChI is InChI=1S/C25H31N5O4/c1-3-33-23-12-19(6-7-22(23)34-17-24(31)32)16-30-9-4-5-18(15-30)11-20-13-26-14-21(28-20)25-27-8-10-29(25)2/h6-8,10,12-14,18H,3-5,9,11,15-17H2,1-2H3,(H,31,32). The van der Waals surface area contributed by atoms with E-state index in [4.69, 9.17) is 19.6 Å². The quantitative estimate of drug-likeness (QED) is 0.487. The predicted octanol–water partition coefficient (Wildman–Crippen LogP) is 3.19. The molecule has 2 aromatic heterocycles. The van der Waals surface area contributed by atoms with Gasteiger partial charge in [0.1, 0.15) is 5.69 Å². The van der Waals surface area contributed by atoms with Gasteiger partial charge in [-0.05, 0) is 56.3 Å². The molecule has 34 heavy (non-hydrogen) atoms. The number of imidazole rings is 1. The third-order valence-corrected chi connectivity index (χ3v) is 5.90. The third-order valence-electron chi connectivity index (χ3n) is 5.90. The summed E-state index contributed by atoms with van der Waals surface area (Å²) in [4.78, 5) is 26.9. The van der Waals surface area contributed by atoms with Crippen molar-refractivity contribution in [3.63, 3.8) is 0 Å². The second-order valence-corrected chi connectivity index (χ2v) is 8.60. The second-order valence-electron chi connectivity index (χ2n) is 8.60. The lowest BCUT2D eigenvalue weighted by Gasteiger charge is -2.32. The van der Waals surface area contributed by atoms with Gasteiger partial charge in [0.25, 0.3) is 0 Å². The third kappa shape index (κ3) is 6.11. The Balaban J connectivity index is 1.39. The van der Waals surface area contributed by atoms with E-state index in [-0.39, 0.29) is 0 Å². The Labute approximate surface area is 199 Å². The van der Waals surface area contributed by atoms with E-state index < -0.39 is 12.6 Å². The molecule has 1 saturated heterocycles. The van der Waals surface area contributed by atoms with Crippen molar-refractivity contribution in [3.05, 3.63) is 54.2 Å². The van der Waals surface area contributed by atoms with E-state index in [2.05, 4.69) is 14.9 Å². The van der Waals surface area contributed by atoms with Gasteiger partial charge in [0.05, 0.1) is 18.5 Å². The fourth-order valence-corrected chi connectivity index (χ4v) is 4.42. The largest absolute Gasteiger partial charge is 0.490 e. The van der Waals surface area contributed by atoms with E-state index >= 15 is 0 Å². The Hall–Kier alpha value is -3.46. The summed E-state index contributed by atoms with van der Waals surface area (Å²) < 4.78 is 13.0. The van der Waals surface area contributed by atoms with Crippen LogP contribution in [0.3, 0.4) is 0 Å². The fourth-order valence-electron chi connectivity index (χ4n) is 4.42. The molecule has 1 fully saturated rings. The van der Waals surface area contributed by atoms with E-state index in [0.29, 0.717) is 24.0 Å². The zero-order chi connectivity index (χ0) is 23.9. The van der Waals surface area contributed by atoms with Gasteiger partial charge in [0.2, 0.25) is 0 Å². The molecule has 1 N–H and O–H groups in total. The van der Waals surface area contributed by atoms with E-state index in [0.717, 1.165) is 61.7 Å². The van der Waals surface area contributed by atoms with Crippen LogP contribution in [0.5, 0.6) is 11.5 Å². The van der Waals surface area contributed by atoms with Crippen LogP contribution < -0.4 is 9.47 Å². The van der Waals surface area contributed by atoms with E-state index in [9.17, 15) is 4.79 Å². The van der Waals surface area contributed by atoms with Gasteiger partial charge < -0.3 is 19.1 Å². The number of hydrogen-bond acceptors (Lipinski definition) is 7. The molecule has 1 aromatic carbocycles. The van der Waals surface area contributed by atoms with E-state index in [1.807, 2.05) is 43.1 Å². The van der Waals surface area contributed by atoms with Crippen LogP contribution in [0.2, 0.25) is 0 Å². The van der Waals surface area contributed by atoms with Gasteiger partial charge in [-0.2, -0.15) is 0 Å². The van der Waals surface area contributed by atoms with Gasteiger partial charge >= 0.3 is 5.97 Å². The van der Waals surface area contributed by atoms with Crippen LogP contribution in [0.15, 0.2) is 43.0 Å². The molecule has 1 atom stereocenters. The molecular weight excluding hydrogens is 434 g/mol. The highest BCUT2D eigenvalue weighted by atomic mass is 16.5. The van der Waals surface area contributed by atoms with Gasteiger partial charge in [-0.15, -0.1) is 0 Å². The normalized spacial score (nSPS) is 16.4. The number of rotatable bonds is 10. The number of aliphatic carboxylic acids is 1. The molecular formula is C25H31N5O4. The van der Waals surface area contributed by atoms with Crippen molar-refractivity contribution < 1.29 is 19.4 Å². The molecule has 4 rings (SSSR count). The van der Waals surface area contributed by atoms with Crippen LogP contribution in [0.1, 0.15) is 31.0 Å². The van der Waals surface area contributed by atoms with Gasteiger partial charge in [-0.3, -0.25) is 9.88 Å². The lowest BCUT2D eigenvalue weighted by Crippen LogP contribution is -2.35. The van der Waals surface area contributed by atoms with Crippen LogP contribution in [0.4, 0.5) is 0 Å². The molecule has 1 unspecified atom stereocenters. The lowest BCUT2D eigenvalue weighted by molar-refractivity contribution is -0.139. The number of carboxylic acids is 1. The number of piperidine rings is 1. The number of aryl methyl sites for hydroxylation is 1. The van der Waals surface area contributed by atoms with E-state index in [1.165, 1.54) is 0 Å². The molecule has 0 spiro atoms. The van der Waals surface area contributed by atoms with Crippen LogP contribution in [0.25, 0.3) is 11.5 Å². The predicted molar refractivity (Wildman–Crippen MR) is 127 cm³/mol. The van der Waals surface area contributed by atoms with Crippen LogP contribution in [-0.4, -0.2) is 61.8 Å². The minimum atomic E-state index is -1.01. The van der Waals surface area contributed by atoms with Crippen LogP contribution >= 0.6 is 0 Å². The maximum atomic E-state index is 10.8. The molecule has 180 valence electrons. The monoisotopic (exact) mass is 465 g/mol. The zero-order valence-electron chi connectivity index (χ0n) is 19.7. The summed E-state index contributed by atoms with van der Waals surface area (Å²) >= 11 is 0. The summed E-state index contributed by atoms with van der Waals surface area (Å²) in [7, 11) is 1.96. The molecule has 9 nitrogen and oxygen atoms in total. The van der Waals surface area contributed by atoms with Crippen LogP contribution in [0, 0.1) is 5.92 Å². The Kier molecular flexibility index (Phi) is 7.74. The van der Waals surface area contributed by atoms with Crippen molar-refractivity contribution in [3.8, 4) is 23.0 Å². The number of carboxylic acid groups (broad SMARTS) is 1. The summed E-state index contributed by atoms with van der Waals surface area (Å²) in [6.07, 6.45) is 10.5. The van der Waals surface area contributed by atoms with Crippen molar-refractivity contribution >= 4 is 5.97 Å². The molecule has 3 aromatic rings. The summed E-state index contributed by atoms with van der Waals surface area (Å²) in [5, 5.41) is 8.89. The Morgan fingerprint density at radius 2 is 2.12 bits per heavy atom. The maximum Gasteiger partial charge on any atom is 0.341 e. The molecule has 3 heterocycles. The number of nitrogens with zero attached hydrogens (tertiary/aromatic N) is 5. The summed E-state index contributed by atoms with van der Waals surface area (Å²) in [6, 6.07) is 5.72. The minimum Gasteiger partial charge on any atom is -0.490 e. The first-order chi connectivity index (χ1) is 16.5. The highest BCUT2D eigenvalue weighted by Crippen LogP contribution is 2.30. The van der Waals surface area contributed by atoms with Crippen molar-refractivity contribution in [2.45, 2.75) is 32.7 Å². The van der Waals surface area contributed by atoms with Gasteiger partial charge in [-0.1, -0.05) is 6.07 Å². The fraction of sp³-hybridized carbons (Fsp3) is 0.440. The molecule has 0 amide bonds. The van der Waals surface area contributed by atoms with Crippen molar-refractivity contribution in [1.29, 1.82) is 0 Å². The maximum absolute atomic E-state index is 10.8. The van der Waals surface area contributed by atoms with Crippen molar-refractivity contribution in [1.82, 2.24) is 24.4 Å². The van der Waals surface area contributed by atoms with Crippen LogP contribution in [-0.2, 0) is 24.8 Å². The molecule has 0 bridgehead atoms. The SMILES string of the molecule is CCOc1cc(CN2CCCC(Cc3cncc(-c4nccn4C)n3)C2)ccc1OCC(=O)O. The minimum absolute atomic E-state index is 0.391. The first-order valence-corrected chi connectivity index (χ1v) is 11.6. The van der Waals surface area contributed by atoms with E-state index in [1.54, 1.807) is 18.5 Å². The highest BCUT2D eigenvalue weighted by Gasteiger charge is 2.22. The van der Waals surface area contributed by atoms with Crippen molar-refractivity contribution in [2.75, 3.05) is 26.3 Å². The molecule has 0 radical (unpaired) electrons. The number of carbonyl (C=O) groups is 1. The number of ether oxygens (including phenoxy) is 2. The first-order valence-electron chi connectivity index (χ1n) is 11.6. The summed E-state index contributed by atoms with van der Waals surface area (Å²) in [5.74, 6) is 1.35. The van der Waals surface area contributed by atoms with Gasteiger partial charge in [0, 0.05) is 38.7 Å². The van der Waals surface area contributed by atoms with Gasteiger partial charge in [0.15, 0.2) is 23.9 Å². The van der Waals surface area contributed by atoms with Crippen molar-refractivity contribution in [2.24, 2.45) is 13.0 Å². The average Bonchev–Trinajstić information content (AvgIpc) is 3.25. The Bertz CT molecular complexity index is 1120. The molecule has 0 saturated carbocycles. The average molecular weight is 466 g/mol. The van der Waals surface area contributed by atoms with Gasteiger partial charge in [-0.25, -0.2) is 14.8 Å². The molecule has 1 aliphatic rings. The smallest absolute Gasteiger partial charge is 0.341 e. The molecule has 0 aliphatic carbocycles. The number of hydrogen-bond donors (Lipinski definition) is 1. The summed E-state index contributed by atoms with van der Waals surface area (Å²) in [5.41, 5.74) is 2.90. The zero-order valence-corrected chi connectivity index (χ0v) is 19.7. The summed E-state index contributed by atoms with van der Waals surface area (Å²) in [6.45, 7) is 4.81. The Morgan fingerprint density at radius 3 is 2.88 bits per heavy atom. The molecule has 9 heteroatoms. The number of likely N-dealkylation sites (tertiary alicyclic amines) is 1. The lowest BCUT2D eigenvalue weighted by atomic mass is 9.93. The highest BCUT2D eigenvalue weighted by molar-refractivity contribution is 5.68. The molecule has 1 aliphatic heterocycles. The Morgan fingerprint density at radius 1 is 1.24 bits per heavy atom.